The molecule has 0 aliphatic carbocycles. The summed E-state index contributed by atoms with van der Waals surface area (Å²) in [6.07, 6.45) is 9.17. The molecule has 3 atom stereocenters. The molecule has 1 N–H and O–H groups in total. The van der Waals surface area contributed by atoms with Crippen LogP contribution in [0.4, 0.5) is 0 Å². The van der Waals surface area contributed by atoms with Crippen LogP contribution in [-0.4, -0.2) is 62.5 Å². The van der Waals surface area contributed by atoms with Crippen LogP contribution in [0.2, 0.25) is 0 Å². The molecule has 1 aromatic carbocycles. The third-order valence-electron chi connectivity index (χ3n) is 7.95. The summed E-state index contributed by atoms with van der Waals surface area (Å²) >= 11 is 0. The van der Waals surface area contributed by atoms with Gasteiger partial charge in [0.05, 0.1) is 28.8 Å². The fourth-order valence-corrected chi connectivity index (χ4v) is 6.32. The molecule has 0 saturated carbocycles. The summed E-state index contributed by atoms with van der Waals surface area (Å²) in [5.41, 5.74) is 3.69. The van der Waals surface area contributed by atoms with Crippen molar-refractivity contribution in [3.8, 4) is 0 Å². The lowest BCUT2D eigenvalue weighted by atomic mass is 9.67. The van der Waals surface area contributed by atoms with Crippen LogP contribution in [0.3, 0.4) is 0 Å². The van der Waals surface area contributed by atoms with Crippen molar-refractivity contribution in [1.29, 1.82) is 0 Å². The molecular weight excluding hydrogens is 416 g/mol. The zero-order valence-corrected chi connectivity index (χ0v) is 19.0. The van der Waals surface area contributed by atoms with Crippen molar-refractivity contribution >= 4 is 17.2 Å². The summed E-state index contributed by atoms with van der Waals surface area (Å²) in [4.78, 5) is 32.0. The molecule has 172 valence electrons. The highest BCUT2D eigenvalue weighted by Gasteiger charge is 2.52. The van der Waals surface area contributed by atoms with E-state index < -0.39 is 0 Å². The first-order chi connectivity index (χ1) is 16.1. The van der Waals surface area contributed by atoms with Crippen LogP contribution >= 0.6 is 0 Å². The van der Waals surface area contributed by atoms with Gasteiger partial charge in [-0.3, -0.25) is 24.4 Å². The van der Waals surface area contributed by atoms with Gasteiger partial charge in [0.15, 0.2) is 0 Å². The minimum atomic E-state index is -0.272. The van der Waals surface area contributed by atoms with E-state index in [2.05, 4.69) is 45.0 Å². The van der Waals surface area contributed by atoms with Crippen molar-refractivity contribution in [2.45, 2.75) is 38.4 Å². The summed E-state index contributed by atoms with van der Waals surface area (Å²) in [6, 6.07) is 6.37. The number of fused-ring (bicyclic) bond motifs is 2. The van der Waals surface area contributed by atoms with Crippen molar-refractivity contribution in [2.24, 2.45) is 22.7 Å². The van der Waals surface area contributed by atoms with Crippen molar-refractivity contribution in [1.82, 2.24) is 24.4 Å². The molecule has 0 radical (unpaired) electrons. The molecule has 33 heavy (non-hydrogen) atoms. The lowest BCUT2D eigenvalue weighted by Crippen LogP contribution is -2.54. The average Bonchev–Trinajstić information content (AvgIpc) is 3.41. The maximum Gasteiger partial charge on any atom is 0.326 e. The Kier molecular flexibility index (Phi) is 5.14. The number of nitrogens with one attached hydrogen (secondary N) is 1. The van der Waals surface area contributed by atoms with Gasteiger partial charge in [-0.15, -0.1) is 0 Å². The van der Waals surface area contributed by atoms with Gasteiger partial charge in [-0.25, -0.2) is 4.79 Å². The molecule has 3 aliphatic rings. The van der Waals surface area contributed by atoms with Crippen LogP contribution in [0.5, 0.6) is 0 Å². The number of aromatic amines is 1. The number of likely N-dealkylation sites (tertiary alicyclic amines) is 1. The minimum Gasteiger partial charge on any atom is -0.381 e. The number of H-pyrrole nitrogens is 1. The summed E-state index contributed by atoms with van der Waals surface area (Å²) in [5, 5.41) is 0. The number of hydrogen-bond donors (Lipinski definition) is 1. The second-order valence-corrected chi connectivity index (χ2v) is 9.90. The Labute approximate surface area is 192 Å². The largest absolute Gasteiger partial charge is 0.381 e. The maximum absolute atomic E-state index is 12.5. The Hall–Kier alpha value is -2.84. The topological polar surface area (TPSA) is 88.4 Å². The summed E-state index contributed by atoms with van der Waals surface area (Å²) < 4.78 is 7.58. The molecule has 0 bridgehead atoms. The molecule has 3 unspecified atom stereocenters. The summed E-state index contributed by atoms with van der Waals surface area (Å²) in [7, 11) is 0. The highest BCUT2D eigenvalue weighted by Crippen LogP contribution is 2.45. The minimum absolute atomic E-state index is 0.0348. The van der Waals surface area contributed by atoms with Gasteiger partial charge < -0.3 is 9.72 Å². The predicted molar refractivity (Wildman–Crippen MR) is 126 cm³/mol. The highest BCUT2D eigenvalue weighted by molar-refractivity contribution is 5.78. The Bertz CT molecular complexity index is 1240. The number of ether oxygens (including phenoxy) is 1. The number of benzene rings is 1. The monoisotopic (exact) mass is 446 g/mol. The van der Waals surface area contributed by atoms with E-state index in [1.807, 2.05) is 10.8 Å². The zero-order chi connectivity index (χ0) is 22.4. The molecular formula is C25H30N6O2. The van der Waals surface area contributed by atoms with Gasteiger partial charge in [0.2, 0.25) is 0 Å². The molecule has 0 amide bonds. The van der Waals surface area contributed by atoms with Crippen LogP contribution in [-0.2, 0) is 17.8 Å². The van der Waals surface area contributed by atoms with E-state index in [4.69, 9.17) is 9.73 Å². The summed E-state index contributed by atoms with van der Waals surface area (Å²) in [6.45, 7) is 7.44. The first-order valence-electron chi connectivity index (χ1n) is 12.0. The maximum atomic E-state index is 12.5. The van der Waals surface area contributed by atoms with Crippen molar-refractivity contribution in [3.63, 3.8) is 0 Å². The van der Waals surface area contributed by atoms with Crippen LogP contribution in [0.25, 0.3) is 11.0 Å². The SMILES string of the molecule is CC1CN(Cc2ccc3nccnc3c2)CC1C1(C2CCOCC2)Cn2c(c[nH]c2=O)C=N1. The average molecular weight is 447 g/mol. The number of hydrogen-bond acceptors (Lipinski definition) is 6. The van der Waals surface area contributed by atoms with E-state index in [0.29, 0.717) is 24.3 Å². The van der Waals surface area contributed by atoms with Crippen LogP contribution in [0.1, 0.15) is 31.0 Å². The first-order valence-corrected chi connectivity index (χ1v) is 12.0. The third kappa shape index (κ3) is 3.61. The quantitative estimate of drug-likeness (QED) is 0.665. The predicted octanol–water partition coefficient (Wildman–Crippen LogP) is 2.49. The Morgan fingerprint density at radius 1 is 1.15 bits per heavy atom. The fourth-order valence-electron chi connectivity index (χ4n) is 6.32. The Balaban J connectivity index is 1.29. The van der Waals surface area contributed by atoms with E-state index in [-0.39, 0.29) is 11.2 Å². The summed E-state index contributed by atoms with van der Waals surface area (Å²) in [5.74, 6) is 1.29. The normalized spacial score (nSPS) is 28.4. The van der Waals surface area contributed by atoms with Crippen LogP contribution in [0.15, 0.2) is 46.6 Å². The van der Waals surface area contributed by atoms with E-state index in [0.717, 1.165) is 62.4 Å². The molecule has 3 aliphatic heterocycles. The standard InChI is InChI=1S/C25H30N6O2/c1-17-13-30(14-18-2-3-22-23(10-18)27-7-6-26-22)15-21(17)25(19-4-8-33-9-5-19)16-31-20(12-29-25)11-28-24(31)32/h2-3,6-7,10-12,17,19,21H,4-5,8-9,13-16H2,1H3,(H,28,32). The zero-order valence-electron chi connectivity index (χ0n) is 19.0. The number of imidazole rings is 1. The lowest BCUT2D eigenvalue weighted by Gasteiger charge is -2.46. The van der Waals surface area contributed by atoms with Crippen LogP contribution in [0, 0.1) is 17.8 Å². The molecule has 8 nitrogen and oxygen atoms in total. The second-order valence-electron chi connectivity index (χ2n) is 9.90. The third-order valence-corrected chi connectivity index (χ3v) is 7.95. The molecule has 8 heteroatoms. The fraction of sp³-hybridized carbons (Fsp3) is 0.520. The van der Waals surface area contributed by atoms with Gasteiger partial charge in [-0.2, -0.15) is 0 Å². The molecule has 2 saturated heterocycles. The molecule has 6 rings (SSSR count). The highest BCUT2D eigenvalue weighted by atomic mass is 16.5. The van der Waals surface area contributed by atoms with Gasteiger partial charge in [0, 0.05) is 63.6 Å². The van der Waals surface area contributed by atoms with Crippen molar-refractivity contribution in [2.75, 3.05) is 26.3 Å². The van der Waals surface area contributed by atoms with Gasteiger partial charge in [0.1, 0.15) is 0 Å². The van der Waals surface area contributed by atoms with E-state index in [1.54, 1.807) is 18.6 Å². The van der Waals surface area contributed by atoms with Gasteiger partial charge >= 0.3 is 5.69 Å². The molecule has 2 aromatic heterocycles. The second kappa shape index (κ2) is 8.18. The number of aliphatic imine (C=N–C) groups is 1. The number of rotatable bonds is 4. The van der Waals surface area contributed by atoms with E-state index >= 15 is 0 Å². The van der Waals surface area contributed by atoms with E-state index in [9.17, 15) is 4.79 Å². The van der Waals surface area contributed by atoms with Gasteiger partial charge in [-0.05, 0) is 42.4 Å². The lowest BCUT2D eigenvalue weighted by molar-refractivity contribution is 0.0108. The van der Waals surface area contributed by atoms with Crippen LogP contribution < -0.4 is 5.69 Å². The van der Waals surface area contributed by atoms with Gasteiger partial charge in [-0.1, -0.05) is 13.0 Å². The Morgan fingerprint density at radius 3 is 2.82 bits per heavy atom. The molecule has 0 spiro atoms. The molecule has 2 fully saturated rings. The van der Waals surface area contributed by atoms with Crippen molar-refractivity contribution in [3.05, 3.63) is 58.5 Å². The Morgan fingerprint density at radius 2 is 1.97 bits per heavy atom. The number of nitrogens with zero attached hydrogens (tertiary/aromatic N) is 5. The molecule has 5 heterocycles. The first kappa shape index (κ1) is 20.7. The van der Waals surface area contributed by atoms with E-state index in [1.165, 1.54) is 5.56 Å². The van der Waals surface area contributed by atoms with Crippen molar-refractivity contribution < 1.29 is 4.74 Å². The number of aromatic nitrogens is 4. The molecule has 3 aromatic rings. The smallest absolute Gasteiger partial charge is 0.326 e. The van der Waals surface area contributed by atoms with Gasteiger partial charge in [0.25, 0.3) is 0 Å².